The van der Waals surface area contributed by atoms with Crippen LogP contribution in [-0.2, 0) is 38.1 Å². The van der Waals surface area contributed by atoms with Gasteiger partial charge in [-0.2, -0.15) is 0 Å². The maximum atomic E-state index is 11.5. The number of hydrogen-bond acceptors (Lipinski definition) is 8. The molecular weight excluding hydrogens is 368 g/mol. The van der Waals surface area contributed by atoms with Gasteiger partial charge in [-0.3, -0.25) is 9.59 Å². The van der Waals surface area contributed by atoms with Crippen molar-refractivity contribution in [3.63, 3.8) is 0 Å². The van der Waals surface area contributed by atoms with E-state index in [9.17, 15) is 19.2 Å². The molecule has 0 saturated carbocycles. The van der Waals surface area contributed by atoms with Gasteiger partial charge in [0.25, 0.3) is 0 Å². The molecule has 0 atom stereocenters. The molecule has 0 saturated heterocycles. The van der Waals surface area contributed by atoms with E-state index in [-0.39, 0.29) is 51.2 Å². The maximum absolute atomic E-state index is 11.5. The fraction of sp³-hybridized carbons (Fsp3) is 0.600. The number of carbonyl (C=O) groups is 4. The molecule has 8 heteroatoms. The minimum absolute atomic E-state index is 0.00589. The quantitative estimate of drug-likeness (QED) is 0.179. The van der Waals surface area contributed by atoms with Gasteiger partial charge in [0.2, 0.25) is 0 Å². The van der Waals surface area contributed by atoms with E-state index >= 15 is 0 Å². The number of rotatable bonds is 15. The van der Waals surface area contributed by atoms with Crippen molar-refractivity contribution >= 4 is 23.9 Å². The van der Waals surface area contributed by atoms with Gasteiger partial charge in [-0.1, -0.05) is 26.0 Å². The fourth-order valence-electron chi connectivity index (χ4n) is 1.86. The lowest BCUT2D eigenvalue weighted by Crippen LogP contribution is -2.14. The van der Waals surface area contributed by atoms with E-state index in [4.69, 9.17) is 18.9 Å². The molecule has 0 aromatic heterocycles. The topological polar surface area (TPSA) is 105 Å². The summed E-state index contributed by atoms with van der Waals surface area (Å²) >= 11 is 0. The molecule has 0 rings (SSSR count). The Labute approximate surface area is 165 Å². The predicted octanol–water partition coefficient (Wildman–Crippen LogP) is 2.65. The SMILES string of the molecule is C=C(C)C(=O)OCCOC(=O)CCCCCCC(=O)OCCOC(=O)C(=C)C. The van der Waals surface area contributed by atoms with Gasteiger partial charge < -0.3 is 18.9 Å². The summed E-state index contributed by atoms with van der Waals surface area (Å²) < 4.78 is 19.5. The predicted molar refractivity (Wildman–Crippen MR) is 101 cm³/mol. The third-order valence-electron chi connectivity index (χ3n) is 3.37. The first kappa shape index (κ1) is 25.4. The van der Waals surface area contributed by atoms with Crippen molar-refractivity contribution in [2.24, 2.45) is 0 Å². The highest BCUT2D eigenvalue weighted by Crippen LogP contribution is 2.07. The highest BCUT2D eigenvalue weighted by atomic mass is 16.6. The Morgan fingerprint density at radius 2 is 0.893 bits per heavy atom. The van der Waals surface area contributed by atoms with Crippen molar-refractivity contribution in [2.75, 3.05) is 26.4 Å². The van der Waals surface area contributed by atoms with Gasteiger partial charge in [0, 0.05) is 24.0 Å². The van der Waals surface area contributed by atoms with E-state index in [1.165, 1.54) is 13.8 Å². The monoisotopic (exact) mass is 398 g/mol. The number of unbranched alkanes of at least 4 members (excludes halogenated alkanes) is 3. The van der Waals surface area contributed by atoms with Crippen LogP contribution in [0, 0.1) is 0 Å². The third kappa shape index (κ3) is 14.5. The molecular formula is C20H30O8. The zero-order chi connectivity index (χ0) is 21.4. The molecule has 0 amide bonds. The summed E-state index contributed by atoms with van der Waals surface area (Å²) in [5.74, 6) is -1.73. The molecule has 0 aromatic carbocycles. The van der Waals surface area contributed by atoms with E-state index in [2.05, 4.69) is 13.2 Å². The van der Waals surface area contributed by atoms with Crippen LogP contribution in [0.3, 0.4) is 0 Å². The van der Waals surface area contributed by atoms with Gasteiger partial charge in [-0.25, -0.2) is 9.59 Å². The summed E-state index contributed by atoms with van der Waals surface area (Å²) in [4.78, 5) is 45.2. The Hall–Kier alpha value is -2.64. The summed E-state index contributed by atoms with van der Waals surface area (Å²) in [7, 11) is 0. The van der Waals surface area contributed by atoms with Gasteiger partial charge in [0.15, 0.2) is 0 Å². The van der Waals surface area contributed by atoms with Crippen molar-refractivity contribution in [3.8, 4) is 0 Å². The molecule has 0 fully saturated rings. The molecule has 28 heavy (non-hydrogen) atoms. The van der Waals surface area contributed by atoms with Crippen LogP contribution in [0.2, 0.25) is 0 Å². The van der Waals surface area contributed by atoms with Gasteiger partial charge in [-0.15, -0.1) is 0 Å². The van der Waals surface area contributed by atoms with E-state index in [1.54, 1.807) is 0 Å². The normalized spacial score (nSPS) is 9.93. The maximum Gasteiger partial charge on any atom is 0.333 e. The van der Waals surface area contributed by atoms with Crippen LogP contribution in [0.25, 0.3) is 0 Å². The summed E-state index contributed by atoms with van der Waals surface area (Å²) in [5, 5.41) is 0. The number of hydrogen-bond donors (Lipinski definition) is 0. The molecule has 0 aromatic rings. The Bertz CT molecular complexity index is 515. The van der Waals surface area contributed by atoms with Crippen LogP contribution < -0.4 is 0 Å². The molecule has 0 bridgehead atoms. The summed E-state index contributed by atoms with van der Waals surface area (Å²) in [6.07, 6.45) is 3.40. The Morgan fingerprint density at radius 1 is 0.571 bits per heavy atom. The van der Waals surface area contributed by atoms with E-state index in [1.807, 2.05) is 0 Å². The largest absolute Gasteiger partial charge is 0.462 e. The lowest BCUT2D eigenvalue weighted by Gasteiger charge is -2.07. The Kier molecular flexibility index (Phi) is 14.0. The van der Waals surface area contributed by atoms with E-state index in [0.29, 0.717) is 24.0 Å². The first-order chi connectivity index (χ1) is 13.2. The second kappa shape index (κ2) is 15.4. The van der Waals surface area contributed by atoms with E-state index in [0.717, 1.165) is 12.8 Å². The fourth-order valence-corrected chi connectivity index (χ4v) is 1.86. The average Bonchev–Trinajstić information content (AvgIpc) is 2.64. The standard InChI is InChI=1S/C20H30O8/c1-15(2)19(23)27-13-11-25-17(21)9-7-5-6-8-10-18(22)26-12-14-28-20(24)16(3)4/h1,3,5-14H2,2,4H3. The minimum Gasteiger partial charge on any atom is -0.462 e. The Morgan fingerprint density at radius 3 is 1.21 bits per heavy atom. The zero-order valence-electron chi connectivity index (χ0n) is 16.8. The van der Waals surface area contributed by atoms with Gasteiger partial charge >= 0.3 is 23.9 Å². The van der Waals surface area contributed by atoms with Crippen LogP contribution in [-0.4, -0.2) is 50.3 Å². The van der Waals surface area contributed by atoms with Crippen molar-refractivity contribution in [1.82, 2.24) is 0 Å². The summed E-state index contributed by atoms with van der Waals surface area (Å²) in [6, 6.07) is 0. The number of ether oxygens (including phenoxy) is 4. The average molecular weight is 398 g/mol. The molecule has 0 aliphatic heterocycles. The molecule has 0 aliphatic rings. The molecule has 0 radical (unpaired) electrons. The van der Waals surface area contributed by atoms with Crippen LogP contribution in [0.15, 0.2) is 24.3 Å². The minimum atomic E-state index is -0.512. The second-order valence-corrected chi connectivity index (χ2v) is 6.19. The highest BCUT2D eigenvalue weighted by molar-refractivity contribution is 5.87. The molecule has 0 N–H and O–H groups in total. The zero-order valence-corrected chi connectivity index (χ0v) is 16.8. The van der Waals surface area contributed by atoms with E-state index < -0.39 is 11.9 Å². The molecule has 158 valence electrons. The lowest BCUT2D eigenvalue weighted by atomic mass is 10.1. The van der Waals surface area contributed by atoms with Crippen molar-refractivity contribution < 1.29 is 38.1 Å². The second-order valence-electron chi connectivity index (χ2n) is 6.19. The molecule has 0 unspecified atom stereocenters. The van der Waals surface area contributed by atoms with Gasteiger partial charge in [0.1, 0.15) is 26.4 Å². The molecule has 0 aliphatic carbocycles. The van der Waals surface area contributed by atoms with Gasteiger partial charge in [0.05, 0.1) is 0 Å². The van der Waals surface area contributed by atoms with Crippen LogP contribution in [0.5, 0.6) is 0 Å². The van der Waals surface area contributed by atoms with Crippen LogP contribution >= 0.6 is 0 Å². The number of esters is 4. The van der Waals surface area contributed by atoms with Crippen molar-refractivity contribution in [3.05, 3.63) is 24.3 Å². The summed E-state index contributed by atoms with van der Waals surface area (Å²) in [6.45, 7) is 10.0. The first-order valence-corrected chi connectivity index (χ1v) is 9.20. The number of carbonyl (C=O) groups excluding carboxylic acids is 4. The highest BCUT2D eigenvalue weighted by Gasteiger charge is 2.07. The Balaban J connectivity index is 3.50. The summed E-state index contributed by atoms with van der Waals surface area (Å²) in [5.41, 5.74) is 0.586. The smallest absolute Gasteiger partial charge is 0.333 e. The molecule has 0 spiro atoms. The van der Waals surface area contributed by atoms with Crippen molar-refractivity contribution in [1.29, 1.82) is 0 Å². The van der Waals surface area contributed by atoms with Crippen LogP contribution in [0.4, 0.5) is 0 Å². The first-order valence-electron chi connectivity index (χ1n) is 9.20. The van der Waals surface area contributed by atoms with Crippen molar-refractivity contribution in [2.45, 2.75) is 52.4 Å². The molecule has 8 nitrogen and oxygen atoms in total. The molecule has 0 heterocycles. The van der Waals surface area contributed by atoms with Crippen LogP contribution in [0.1, 0.15) is 52.4 Å². The third-order valence-corrected chi connectivity index (χ3v) is 3.37. The van der Waals surface area contributed by atoms with Gasteiger partial charge in [-0.05, 0) is 26.7 Å². The lowest BCUT2D eigenvalue weighted by molar-refractivity contribution is -0.150.